The van der Waals surface area contributed by atoms with Crippen molar-refractivity contribution in [2.75, 3.05) is 0 Å². The van der Waals surface area contributed by atoms with Crippen LogP contribution in [0.3, 0.4) is 0 Å². The summed E-state index contributed by atoms with van der Waals surface area (Å²) in [6.07, 6.45) is 6.13. The lowest BCUT2D eigenvalue weighted by Crippen LogP contribution is -2.14. The largest absolute Gasteiger partial charge is 0.339 e. The normalized spacial score (nSPS) is 22.4. The van der Waals surface area contributed by atoms with Crippen molar-refractivity contribution >= 4 is 0 Å². The van der Waals surface area contributed by atoms with Crippen LogP contribution in [0.15, 0.2) is 28.8 Å². The summed E-state index contributed by atoms with van der Waals surface area (Å²) in [4.78, 5) is 4.54. The van der Waals surface area contributed by atoms with E-state index in [0.717, 1.165) is 29.4 Å². The zero-order chi connectivity index (χ0) is 14.7. The Labute approximate surface area is 125 Å². The summed E-state index contributed by atoms with van der Waals surface area (Å²) < 4.78 is 5.42. The molecule has 21 heavy (non-hydrogen) atoms. The summed E-state index contributed by atoms with van der Waals surface area (Å²) in [5.74, 6) is 3.03. The molecular formula is C17H23N3O. The first-order chi connectivity index (χ1) is 10.2. The molecule has 4 heteroatoms. The van der Waals surface area contributed by atoms with Crippen molar-refractivity contribution in [2.45, 2.75) is 45.6 Å². The molecular weight excluding hydrogens is 262 g/mol. The maximum Gasteiger partial charge on any atom is 0.227 e. The molecule has 0 amide bonds. The number of hydrogen-bond acceptors (Lipinski definition) is 4. The van der Waals surface area contributed by atoms with Crippen LogP contribution in [0.4, 0.5) is 0 Å². The molecule has 1 aromatic heterocycles. The Hall–Kier alpha value is -1.68. The lowest BCUT2D eigenvalue weighted by molar-refractivity contribution is 0.264. The molecule has 1 saturated carbocycles. The van der Waals surface area contributed by atoms with Gasteiger partial charge < -0.3 is 10.3 Å². The fourth-order valence-electron chi connectivity index (χ4n) is 3.03. The second-order valence-corrected chi connectivity index (χ2v) is 6.24. The van der Waals surface area contributed by atoms with Gasteiger partial charge in [-0.05, 0) is 30.2 Å². The van der Waals surface area contributed by atoms with E-state index in [4.69, 9.17) is 10.3 Å². The highest BCUT2D eigenvalue weighted by Crippen LogP contribution is 2.30. The monoisotopic (exact) mass is 285 g/mol. The molecule has 1 fully saturated rings. The quantitative estimate of drug-likeness (QED) is 0.932. The molecule has 3 rings (SSSR count). The predicted molar refractivity (Wildman–Crippen MR) is 82.5 cm³/mol. The van der Waals surface area contributed by atoms with Crippen LogP contribution in [-0.2, 0) is 13.0 Å². The summed E-state index contributed by atoms with van der Waals surface area (Å²) in [5.41, 5.74) is 7.70. The molecule has 2 aromatic rings. The number of nitrogens with zero attached hydrogens (tertiary/aromatic N) is 2. The van der Waals surface area contributed by atoms with E-state index in [2.05, 4.69) is 17.1 Å². The summed E-state index contributed by atoms with van der Waals surface area (Å²) in [5, 5.41) is 4.11. The van der Waals surface area contributed by atoms with E-state index in [-0.39, 0.29) is 0 Å². The number of rotatable bonds is 4. The molecule has 0 unspecified atom stereocenters. The molecule has 0 radical (unpaired) electrons. The van der Waals surface area contributed by atoms with Gasteiger partial charge in [0.1, 0.15) is 0 Å². The van der Waals surface area contributed by atoms with Crippen LogP contribution >= 0.6 is 0 Å². The Balaban J connectivity index is 1.65. The van der Waals surface area contributed by atoms with Crippen molar-refractivity contribution in [3.63, 3.8) is 0 Å². The minimum absolute atomic E-state index is 0.553. The van der Waals surface area contributed by atoms with Gasteiger partial charge in [0.15, 0.2) is 0 Å². The molecule has 2 N–H and O–H groups in total. The Morgan fingerprint density at radius 1 is 1.14 bits per heavy atom. The molecule has 0 bridgehead atoms. The lowest BCUT2D eigenvalue weighted by atomic mass is 9.81. The van der Waals surface area contributed by atoms with Gasteiger partial charge in [0.05, 0.1) is 0 Å². The fraction of sp³-hybridized carbons (Fsp3) is 0.529. The first-order valence-corrected chi connectivity index (χ1v) is 7.86. The van der Waals surface area contributed by atoms with Crippen LogP contribution in [0.2, 0.25) is 0 Å². The van der Waals surface area contributed by atoms with Crippen molar-refractivity contribution < 1.29 is 4.52 Å². The van der Waals surface area contributed by atoms with Gasteiger partial charge >= 0.3 is 0 Å². The van der Waals surface area contributed by atoms with Crippen molar-refractivity contribution in [2.24, 2.45) is 17.6 Å². The zero-order valence-corrected chi connectivity index (χ0v) is 12.6. The molecule has 1 heterocycles. The Bertz CT molecular complexity index is 568. The molecule has 0 aliphatic heterocycles. The highest BCUT2D eigenvalue weighted by Gasteiger charge is 2.21. The topological polar surface area (TPSA) is 64.9 Å². The van der Waals surface area contributed by atoms with E-state index >= 15 is 0 Å². The third-order valence-corrected chi connectivity index (χ3v) is 4.51. The van der Waals surface area contributed by atoms with E-state index in [1.807, 2.05) is 24.3 Å². The van der Waals surface area contributed by atoms with Crippen molar-refractivity contribution in [1.29, 1.82) is 0 Å². The van der Waals surface area contributed by atoms with Crippen LogP contribution < -0.4 is 5.73 Å². The van der Waals surface area contributed by atoms with E-state index in [1.165, 1.54) is 25.7 Å². The van der Waals surface area contributed by atoms with Crippen LogP contribution in [0.1, 0.15) is 44.1 Å². The molecule has 1 aromatic carbocycles. The first-order valence-electron chi connectivity index (χ1n) is 7.86. The van der Waals surface area contributed by atoms with Gasteiger partial charge in [-0.2, -0.15) is 4.98 Å². The molecule has 0 spiro atoms. The summed E-state index contributed by atoms with van der Waals surface area (Å²) in [6, 6.07) is 8.01. The van der Waals surface area contributed by atoms with Crippen LogP contribution in [0.25, 0.3) is 11.4 Å². The SMILES string of the molecule is CC1CCC(Cc2nc(-c3ccc(CN)cc3)no2)CC1. The Kier molecular flexibility index (Phi) is 4.34. The second-order valence-electron chi connectivity index (χ2n) is 6.24. The zero-order valence-electron chi connectivity index (χ0n) is 12.6. The van der Waals surface area contributed by atoms with Crippen molar-refractivity contribution in [1.82, 2.24) is 10.1 Å². The average molecular weight is 285 g/mol. The maximum atomic E-state index is 5.61. The molecule has 1 aliphatic rings. The highest BCUT2D eigenvalue weighted by atomic mass is 16.5. The van der Waals surface area contributed by atoms with Crippen LogP contribution in [-0.4, -0.2) is 10.1 Å². The Morgan fingerprint density at radius 2 is 1.86 bits per heavy atom. The van der Waals surface area contributed by atoms with E-state index in [1.54, 1.807) is 0 Å². The van der Waals surface area contributed by atoms with Crippen molar-refractivity contribution in [3.05, 3.63) is 35.7 Å². The van der Waals surface area contributed by atoms with Crippen LogP contribution in [0, 0.1) is 11.8 Å². The van der Waals surface area contributed by atoms with Gasteiger partial charge in [-0.25, -0.2) is 0 Å². The number of nitrogens with two attached hydrogens (primary N) is 1. The molecule has 0 saturated heterocycles. The van der Waals surface area contributed by atoms with Gasteiger partial charge in [-0.1, -0.05) is 49.2 Å². The van der Waals surface area contributed by atoms with Crippen molar-refractivity contribution in [3.8, 4) is 11.4 Å². The highest BCUT2D eigenvalue weighted by molar-refractivity contribution is 5.54. The van der Waals surface area contributed by atoms with E-state index in [9.17, 15) is 0 Å². The summed E-state index contributed by atoms with van der Waals surface area (Å²) in [7, 11) is 0. The lowest BCUT2D eigenvalue weighted by Gasteiger charge is -2.24. The third-order valence-electron chi connectivity index (χ3n) is 4.51. The van der Waals surface area contributed by atoms with Gasteiger partial charge in [-0.3, -0.25) is 0 Å². The Morgan fingerprint density at radius 3 is 2.52 bits per heavy atom. The standard InChI is InChI=1S/C17H23N3O/c1-12-2-4-13(5-3-12)10-16-19-17(20-21-16)15-8-6-14(11-18)7-9-15/h6-9,12-13H,2-5,10-11,18H2,1H3. The molecule has 112 valence electrons. The minimum atomic E-state index is 0.553. The van der Waals surface area contributed by atoms with Crippen LogP contribution in [0.5, 0.6) is 0 Å². The van der Waals surface area contributed by atoms with Gasteiger partial charge in [-0.15, -0.1) is 0 Å². The summed E-state index contributed by atoms with van der Waals surface area (Å²) in [6.45, 7) is 2.89. The second kappa shape index (κ2) is 6.39. The fourth-order valence-corrected chi connectivity index (χ4v) is 3.03. The molecule has 1 aliphatic carbocycles. The van der Waals surface area contributed by atoms with Gasteiger partial charge in [0, 0.05) is 18.5 Å². The predicted octanol–water partition coefficient (Wildman–Crippen LogP) is 3.56. The average Bonchev–Trinajstić information content (AvgIpc) is 2.98. The third kappa shape index (κ3) is 3.50. The van der Waals surface area contributed by atoms with Gasteiger partial charge in [0.2, 0.25) is 11.7 Å². The van der Waals surface area contributed by atoms with E-state index in [0.29, 0.717) is 18.3 Å². The van der Waals surface area contributed by atoms with Gasteiger partial charge in [0.25, 0.3) is 0 Å². The number of hydrogen-bond donors (Lipinski definition) is 1. The minimum Gasteiger partial charge on any atom is -0.339 e. The first kappa shape index (κ1) is 14.3. The number of benzene rings is 1. The van der Waals surface area contributed by atoms with E-state index < -0.39 is 0 Å². The summed E-state index contributed by atoms with van der Waals surface area (Å²) >= 11 is 0. The maximum absolute atomic E-state index is 5.61. The number of aromatic nitrogens is 2. The smallest absolute Gasteiger partial charge is 0.227 e. The molecule has 4 nitrogen and oxygen atoms in total. The molecule has 0 atom stereocenters.